The normalized spacial score (nSPS) is 15.5. The lowest BCUT2D eigenvalue weighted by Gasteiger charge is -2.37. The molecule has 1 aliphatic heterocycles. The Morgan fingerprint density at radius 2 is 1.82 bits per heavy atom. The third-order valence-corrected chi connectivity index (χ3v) is 8.48. The molecule has 1 atom stereocenters. The summed E-state index contributed by atoms with van der Waals surface area (Å²) in [4.78, 5) is 53.4. The molecule has 2 N–H and O–H groups in total. The van der Waals surface area contributed by atoms with E-state index < -0.39 is 53.5 Å². The number of nitrogens with zero attached hydrogens (tertiary/aromatic N) is 5. The van der Waals surface area contributed by atoms with E-state index >= 15 is 8.78 Å². The summed E-state index contributed by atoms with van der Waals surface area (Å²) < 4.78 is 85.7. The molecule has 4 aromatic heterocycles. The smallest absolute Gasteiger partial charge is 0.414 e. The van der Waals surface area contributed by atoms with E-state index in [1.54, 1.807) is 34.7 Å². The number of aromatic amines is 1. The number of alkyl halides is 3. The van der Waals surface area contributed by atoms with Crippen molar-refractivity contribution in [2.75, 3.05) is 43.1 Å². The predicted molar refractivity (Wildman–Crippen MR) is 180 cm³/mol. The Bertz CT molecular complexity index is 2280. The number of pyridine rings is 3. The number of piperazine rings is 1. The number of anilines is 2. The van der Waals surface area contributed by atoms with Crippen molar-refractivity contribution in [1.29, 1.82) is 0 Å². The maximum absolute atomic E-state index is 16.0. The first kappa shape index (κ1) is 35.5. The van der Waals surface area contributed by atoms with Gasteiger partial charge in [0.05, 0.1) is 39.7 Å². The highest BCUT2D eigenvalue weighted by Gasteiger charge is 2.43. The van der Waals surface area contributed by atoms with E-state index in [-0.39, 0.29) is 80.7 Å². The predicted octanol–water partition coefficient (Wildman–Crippen LogP) is 5.80. The van der Waals surface area contributed by atoms with E-state index in [9.17, 15) is 27.6 Å². The first-order valence-electron chi connectivity index (χ1n) is 15.9. The Balaban J connectivity index is 1.66. The van der Waals surface area contributed by atoms with Crippen LogP contribution in [0.4, 0.5) is 38.1 Å². The number of carbonyl (C=O) groups excluding carboxylic acids is 2. The molecule has 1 unspecified atom stereocenters. The molecule has 1 aromatic carbocycles. The zero-order valence-corrected chi connectivity index (χ0v) is 28.5. The molecule has 270 valence electrons. The van der Waals surface area contributed by atoms with Crippen molar-refractivity contribution in [1.82, 2.24) is 24.8 Å². The second kappa shape index (κ2) is 12.8. The number of ether oxygens (including phenoxy) is 2. The molecule has 1 amide bonds. The minimum Gasteiger partial charge on any atom is -0.462 e. The number of esters is 1. The van der Waals surface area contributed by atoms with Crippen LogP contribution in [0.25, 0.3) is 44.1 Å². The van der Waals surface area contributed by atoms with E-state index in [2.05, 4.69) is 20.3 Å². The number of nitrogens with one attached hydrogen (secondary N) is 2. The number of aromatic nitrogens is 4. The maximum Gasteiger partial charge on any atom is 0.414 e. The van der Waals surface area contributed by atoms with Gasteiger partial charge in [0.1, 0.15) is 28.5 Å². The monoisotopic (exact) mass is 715 g/mol. The topological polar surface area (TPSA) is 135 Å². The van der Waals surface area contributed by atoms with E-state index in [1.165, 1.54) is 41.2 Å². The first-order chi connectivity index (χ1) is 23.9. The van der Waals surface area contributed by atoms with Gasteiger partial charge in [0.15, 0.2) is 11.6 Å². The molecule has 5 heterocycles. The quantitative estimate of drug-likeness (QED) is 0.171. The average molecular weight is 716 g/mol. The number of rotatable bonds is 5. The summed E-state index contributed by atoms with van der Waals surface area (Å²) in [6.07, 6.45) is -1.53. The van der Waals surface area contributed by atoms with Crippen LogP contribution in [0, 0.1) is 11.6 Å². The molecule has 0 radical (unpaired) electrons. The van der Waals surface area contributed by atoms with Crippen LogP contribution in [-0.2, 0) is 16.5 Å². The number of aryl methyl sites for hydroxylation is 1. The number of benzene rings is 1. The Morgan fingerprint density at radius 3 is 2.49 bits per heavy atom. The standard InChI is InChI=1S/C34H34F5N7O5/c1-7-50-31(48)19-14-44(5)30-17(28(19)47)10-16(12-42-30)18-13-41-29-24(27(18)46-9-8-40-22(15-46)34(37,38)39)23-25(36)20(35)11-21(26(23)43-29)45(6)32(49)51-33(2,3)4/h10-14,22,40H,7-9,15H2,1-6H3,(H,41,43). The van der Waals surface area contributed by atoms with Gasteiger partial charge in [-0.2, -0.15) is 13.2 Å². The molecule has 1 aliphatic rings. The molecule has 1 saturated heterocycles. The van der Waals surface area contributed by atoms with Crippen LogP contribution >= 0.6 is 0 Å². The van der Waals surface area contributed by atoms with Gasteiger partial charge in [-0.25, -0.2) is 28.3 Å². The van der Waals surface area contributed by atoms with Gasteiger partial charge < -0.3 is 29.2 Å². The van der Waals surface area contributed by atoms with Gasteiger partial charge >= 0.3 is 18.2 Å². The number of carbonyl (C=O) groups is 2. The van der Waals surface area contributed by atoms with Crippen LogP contribution in [-0.4, -0.2) is 82.7 Å². The number of H-pyrrole nitrogens is 1. The molecule has 12 nitrogen and oxygen atoms in total. The van der Waals surface area contributed by atoms with Crippen molar-refractivity contribution >= 4 is 56.4 Å². The minimum absolute atomic E-state index is 0.00231. The summed E-state index contributed by atoms with van der Waals surface area (Å²) in [7, 11) is 2.88. The van der Waals surface area contributed by atoms with Crippen LogP contribution in [0.3, 0.4) is 0 Å². The SMILES string of the molecule is CCOC(=O)c1cn(C)c2ncc(-c3cnc4[nH]c5c(N(C)C(=O)OC(C)(C)C)cc(F)c(F)c5c4c3N3CCNC(C(F)(F)F)C3)cc2c1=O. The number of amides is 1. The zero-order chi connectivity index (χ0) is 37.2. The highest BCUT2D eigenvalue weighted by atomic mass is 19.4. The fraction of sp³-hybridized carbons (Fsp3) is 0.382. The van der Waals surface area contributed by atoms with Gasteiger partial charge in [-0.05, 0) is 33.8 Å². The average Bonchev–Trinajstić information content (AvgIpc) is 3.46. The highest BCUT2D eigenvalue weighted by molar-refractivity contribution is 6.19. The second-order valence-electron chi connectivity index (χ2n) is 13.1. The van der Waals surface area contributed by atoms with Crippen molar-refractivity contribution in [3.63, 3.8) is 0 Å². The number of hydrogen-bond donors (Lipinski definition) is 2. The highest BCUT2D eigenvalue weighted by Crippen LogP contribution is 2.44. The van der Waals surface area contributed by atoms with Gasteiger partial charge in [-0.3, -0.25) is 9.69 Å². The largest absolute Gasteiger partial charge is 0.462 e. The summed E-state index contributed by atoms with van der Waals surface area (Å²) >= 11 is 0. The van der Waals surface area contributed by atoms with E-state index in [4.69, 9.17) is 9.47 Å². The van der Waals surface area contributed by atoms with Crippen LogP contribution in [0.1, 0.15) is 38.1 Å². The Kier molecular flexibility index (Phi) is 8.90. The van der Waals surface area contributed by atoms with Crippen molar-refractivity contribution in [3.8, 4) is 11.1 Å². The molecular formula is C34H34F5N7O5. The maximum atomic E-state index is 16.0. The number of fused-ring (bicyclic) bond motifs is 4. The van der Waals surface area contributed by atoms with Gasteiger partial charge in [0.2, 0.25) is 5.43 Å². The third-order valence-electron chi connectivity index (χ3n) is 8.48. The van der Waals surface area contributed by atoms with Crippen LogP contribution in [0.2, 0.25) is 0 Å². The van der Waals surface area contributed by atoms with Gasteiger partial charge in [0.25, 0.3) is 0 Å². The van der Waals surface area contributed by atoms with Crippen LogP contribution in [0.5, 0.6) is 0 Å². The summed E-state index contributed by atoms with van der Waals surface area (Å²) in [6.45, 7) is 5.81. The van der Waals surface area contributed by atoms with Crippen molar-refractivity contribution in [2.45, 2.75) is 45.5 Å². The van der Waals surface area contributed by atoms with Crippen molar-refractivity contribution < 1.29 is 41.0 Å². The summed E-state index contributed by atoms with van der Waals surface area (Å²) in [5, 5.41) is 2.03. The Morgan fingerprint density at radius 1 is 1.10 bits per heavy atom. The molecule has 6 rings (SSSR count). The van der Waals surface area contributed by atoms with Crippen LogP contribution < -0.4 is 20.5 Å². The molecule has 17 heteroatoms. The van der Waals surface area contributed by atoms with Crippen molar-refractivity contribution in [2.24, 2.45) is 7.05 Å². The third kappa shape index (κ3) is 6.41. The minimum atomic E-state index is -4.65. The summed E-state index contributed by atoms with van der Waals surface area (Å²) in [6, 6.07) is 0.250. The van der Waals surface area contributed by atoms with E-state index in [1.807, 2.05) is 0 Å². The summed E-state index contributed by atoms with van der Waals surface area (Å²) in [5.41, 5.74) is -1.46. The Hall–Kier alpha value is -5.32. The van der Waals surface area contributed by atoms with E-state index in [0.717, 1.165) is 11.0 Å². The molecule has 0 aliphatic carbocycles. The first-order valence-corrected chi connectivity index (χ1v) is 15.9. The molecule has 1 fully saturated rings. The van der Waals surface area contributed by atoms with Gasteiger partial charge in [-0.15, -0.1) is 0 Å². The molecule has 0 saturated carbocycles. The van der Waals surface area contributed by atoms with E-state index in [0.29, 0.717) is 0 Å². The van der Waals surface area contributed by atoms with Crippen molar-refractivity contribution in [3.05, 3.63) is 58.1 Å². The molecule has 0 bridgehead atoms. The Labute approximate surface area is 287 Å². The molecule has 51 heavy (non-hydrogen) atoms. The molecule has 5 aromatic rings. The lowest BCUT2D eigenvalue weighted by Crippen LogP contribution is -2.57. The number of hydrogen-bond acceptors (Lipinski definition) is 9. The van der Waals surface area contributed by atoms with Gasteiger partial charge in [0, 0.05) is 69.5 Å². The lowest BCUT2D eigenvalue weighted by molar-refractivity contribution is -0.155. The molecule has 0 spiro atoms. The van der Waals surface area contributed by atoms with Crippen LogP contribution in [0.15, 0.2) is 35.5 Å². The zero-order valence-electron chi connectivity index (χ0n) is 28.5. The fourth-order valence-electron chi connectivity index (χ4n) is 6.20. The number of halogens is 5. The van der Waals surface area contributed by atoms with Gasteiger partial charge in [-0.1, -0.05) is 0 Å². The fourth-order valence-corrected chi connectivity index (χ4v) is 6.20. The second-order valence-corrected chi connectivity index (χ2v) is 13.1. The lowest BCUT2D eigenvalue weighted by atomic mass is 10.00. The summed E-state index contributed by atoms with van der Waals surface area (Å²) in [5.74, 6) is -3.51. The molecular weight excluding hydrogens is 681 g/mol.